The second-order valence-electron chi connectivity index (χ2n) is 4.00. The van der Waals surface area contributed by atoms with E-state index in [-0.39, 0.29) is 0 Å². The van der Waals surface area contributed by atoms with Gasteiger partial charge in [0, 0.05) is 18.8 Å². The maximum atomic E-state index is 4.37. The standard InChI is InChI=1S/C12H20BrN3/c1-4-6-7-16(10(3)5-2)12-11(13)8-14-9-15-12/h8-10H,4-7H2,1-3H3. The van der Waals surface area contributed by atoms with E-state index in [2.05, 4.69) is 51.6 Å². The molecule has 1 aromatic heterocycles. The maximum Gasteiger partial charge on any atom is 0.146 e. The van der Waals surface area contributed by atoms with Crippen molar-refractivity contribution in [2.24, 2.45) is 0 Å². The Hall–Kier alpha value is -0.640. The van der Waals surface area contributed by atoms with E-state index >= 15 is 0 Å². The Morgan fingerprint density at radius 2 is 2.19 bits per heavy atom. The van der Waals surface area contributed by atoms with Gasteiger partial charge in [0.15, 0.2) is 0 Å². The Morgan fingerprint density at radius 1 is 1.44 bits per heavy atom. The first kappa shape index (κ1) is 13.4. The van der Waals surface area contributed by atoms with E-state index in [4.69, 9.17) is 0 Å². The summed E-state index contributed by atoms with van der Waals surface area (Å²) in [6, 6.07) is 0.512. The molecule has 3 nitrogen and oxygen atoms in total. The van der Waals surface area contributed by atoms with Gasteiger partial charge in [-0.15, -0.1) is 0 Å². The van der Waals surface area contributed by atoms with Crippen LogP contribution in [0, 0.1) is 0 Å². The van der Waals surface area contributed by atoms with Crippen molar-refractivity contribution in [1.82, 2.24) is 9.97 Å². The van der Waals surface area contributed by atoms with Crippen LogP contribution in [0.25, 0.3) is 0 Å². The Bertz CT molecular complexity index is 317. The Morgan fingerprint density at radius 3 is 2.75 bits per heavy atom. The second-order valence-corrected chi connectivity index (χ2v) is 4.85. The summed E-state index contributed by atoms with van der Waals surface area (Å²) in [7, 11) is 0. The molecule has 0 fully saturated rings. The van der Waals surface area contributed by atoms with Gasteiger partial charge < -0.3 is 4.90 Å². The third-order valence-corrected chi connectivity index (χ3v) is 3.36. The second kappa shape index (κ2) is 6.84. The summed E-state index contributed by atoms with van der Waals surface area (Å²) in [5.41, 5.74) is 0. The van der Waals surface area contributed by atoms with Gasteiger partial charge in [0.2, 0.25) is 0 Å². The van der Waals surface area contributed by atoms with Crippen molar-refractivity contribution < 1.29 is 0 Å². The average molecular weight is 286 g/mol. The number of halogens is 1. The molecule has 0 bridgehead atoms. The maximum absolute atomic E-state index is 4.37. The molecule has 4 heteroatoms. The summed E-state index contributed by atoms with van der Waals surface area (Å²) in [4.78, 5) is 10.7. The van der Waals surface area contributed by atoms with E-state index < -0.39 is 0 Å². The molecule has 0 radical (unpaired) electrons. The van der Waals surface area contributed by atoms with Gasteiger partial charge in [0.05, 0.1) is 4.47 Å². The summed E-state index contributed by atoms with van der Waals surface area (Å²) < 4.78 is 0.978. The molecule has 0 N–H and O–H groups in total. The summed E-state index contributed by atoms with van der Waals surface area (Å²) in [5, 5.41) is 0. The molecule has 90 valence electrons. The molecule has 0 saturated carbocycles. The monoisotopic (exact) mass is 285 g/mol. The molecular formula is C12H20BrN3. The fraction of sp³-hybridized carbons (Fsp3) is 0.667. The summed E-state index contributed by atoms with van der Waals surface area (Å²) in [6.45, 7) is 7.72. The van der Waals surface area contributed by atoms with Crippen molar-refractivity contribution in [3.05, 3.63) is 17.0 Å². The lowest BCUT2D eigenvalue weighted by Crippen LogP contribution is -2.34. The predicted octanol–water partition coefficient (Wildman–Crippen LogP) is 3.64. The van der Waals surface area contributed by atoms with Crippen LogP contribution in [0.5, 0.6) is 0 Å². The zero-order chi connectivity index (χ0) is 12.0. The van der Waals surface area contributed by atoms with Crippen LogP contribution < -0.4 is 4.90 Å². The third-order valence-electron chi connectivity index (χ3n) is 2.80. The molecule has 1 atom stereocenters. The van der Waals surface area contributed by atoms with Crippen molar-refractivity contribution in [1.29, 1.82) is 0 Å². The first-order chi connectivity index (χ1) is 7.70. The van der Waals surface area contributed by atoms with Crippen LogP contribution in [0.1, 0.15) is 40.0 Å². The Labute approximate surface area is 106 Å². The van der Waals surface area contributed by atoms with Crippen LogP contribution in [0.2, 0.25) is 0 Å². The highest BCUT2D eigenvalue weighted by Crippen LogP contribution is 2.25. The van der Waals surface area contributed by atoms with Gasteiger partial charge in [-0.2, -0.15) is 0 Å². The Kier molecular flexibility index (Phi) is 5.74. The molecule has 1 rings (SSSR count). The number of hydrogen-bond donors (Lipinski definition) is 0. The lowest BCUT2D eigenvalue weighted by Gasteiger charge is -2.30. The minimum Gasteiger partial charge on any atom is -0.353 e. The van der Waals surface area contributed by atoms with Gasteiger partial charge in [-0.05, 0) is 35.7 Å². The van der Waals surface area contributed by atoms with E-state index in [0.717, 1.165) is 23.3 Å². The lowest BCUT2D eigenvalue weighted by molar-refractivity contribution is 0.588. The first-order valence-corrected chi connectivity index (χ1v) is 6.72. The fourth-order valence-electron chi connectivity index (χ4n) is 1.60. The molecule has 0 aliphatic rings. The number of anilines is 1. The molecular weight excluding hydrogens is 266 g/mol. The number of rotatable bonds is 6. The smallest absolute Gasteiger partial charge is 0.146 e. The highest BCUT2D eigenvalue weighted by molar-refractivity contribution is 9.10. The average Bonchev–Trinajstić information content (AvgIpc) is 2.31. The van der Waals surface area contributed by atoms with Crippen molar-refractivity contribution in [2.45, 2.75) is 46.1 Å². The van der Waals surface area contributed by atoms with E-state index in [1.165, 1.54) is 12.8 Å². The van der Waals surface area contributed by atoms with E-state index in [1.807, 2.05) is 6.20 Å². The number of unbranched alkanes of at least 4 members (excludes halogenated alkanes) is 1. The molecule has 0 aromatic carbocycles. The van der Waals surface area contributed by atoms with Gasteiger partial charge in [0.25, 0.3) is 0 Å². The quantitative estimate of drug-likeness (QED) is 0.799. The number of hydrogen-bond acceptors (Lipinski definition) is 3. The number of aromatic nitrogens is 2. The van der Waals surface area contributed by atoms with Crippen molar-refractivity contribution >= 4 is 21.7 Å². The molecule has 1 heterocycles. The largest absolute Gasteiger partial charge is 0.353 e. The molecule has 0 saturated heterocycles. The van der Waals surface area contributed by atoms with Gasteiger partial charge in [-0.25, -0.2) is 9.97 Å². The van der Waals surface area contributed by atoms with E-state index in [1.54, 1.807) is 6.33 Å². The first-order valence-electron chi connectivity index (χ1n) is 5.92. The van der Waals surface area contributed by atoms with Crippen molar-refractivity contribution in [2.75, 3.05) is 11.4 Å². The van der Waals surface area contributed by atoms with Crippen LogP contribution >= 0.6 is 15.9 Å². The summed E-state index contributed by atoms with van der Waals surface area (Å²) >= 11 is 3.52. The topological polar surface area (TPSA) is 29.0 Å². The van der Waals surface area contributed by atoms with Gasteiger partial charge in [0.1, 0.15) is 12.1 Å². The van der Waals surface area contributed by atoms with Crippen molar-refractivity contribution in [3.63, 3.8) is 0 Å². The fourth-order valence-corrected chi connectivity index (χ4v) is 2.05. The van der Waals surface area contributed by atoms with Crippen LogP contribution in [-0.4, -0.2) is 22.6 Å². The van der Waals surface area contributed by atoms with Crippen LogP contribution in [0.15, 0.2) is 17.0 Å². The SMILES string of the molecule is CCCCN(c1ncncc1Br)C(C)CC. The molecule has 0 amide bonds. The zero-order valence-electron chi connectivity index (χ0n) is 10.3. The summed E-state index contributed by atoms with van der Waals surface area (Å²) in [6.07, 6.45) is 6.95. The zero-order valence-corrected chi connectivity index (χ0v) is 11.9. The van der Waals surface area contributed by atoms with Gasteiger partial charge in [-0.1, -0.05) is 20.3 Å². The van der Waals surface area contributed by atoms with Crippen LogP contribution in [0.3, 0.4) is 0 Å². The third kappa shape index (κ3) is 3.44. The highest BCUT2D eigenvalue weighted by atomic mass is 79.9. The lowest BCUT2D eigenvalue weighted by atomic mass is 10.2. The normalized spacial score (nSPS) is 12.5. The highest BCUT2D eigenvalue weighted by Gasteiger charge is 2.16. The number of nitrogens with zero attached hydrogens (tertiary/aromatic N) is 3. The molecule has 0 spiro atoms. The Balaban J connectivity index is 2.87. The van der Waals surface area contributed by atoms with Crippen LogP contribution in [0.4, 0.5) is 5.82 Å². The molecule has 16 heavy (non-hydrogen) atoms. The minimum absolute atomic E-state index is 0.512. The van der Waals surface area contributed by atoms with Gasteiger partial charge in [-0.3, -0.25) is 0 Å². The molecule has 1 aromatic rings. The predicted molar refractivity (Wildman–Crippen MR) is 71.7 cm³/mol. The van der Waals surface area contributed by atoms with E-state index in [0.29, 0.717) is 6.04 Å². The van der Waals surface area contributed by atoms with Crippen molar-refractivity contribution in [3.8, 4) is 0 Å². The van der Waals surface area contributed by atoms with E-state index in [9.17, 15) is 0 Å². The molecule has 0 aliphatic carbocycles. The summed E-state index contributed by atoms with van der Waals surface area (Å²) in [5.74, 6) is 1.01. The molecule has 0 aliphatic heterocycles. The molecule has 1 unspecified atom stereocenters. The van der Waals surface area contributed by atoms with Gasteiger partial charge >= 0.3 is 0 Å². The minimum atomic E-state index is 0.512. The van der Waals surface area contributed by atoms with Crippen LogP contribution in [-0.2, 0) is 0 Å².